The van der Waals surface area contributed by atoms with E-state index in [0.29, 0.717) is 19.1 Å². The summed E-state index contributed by atoms with van der Waals surface area (Å²) in [5.41, 5.74) is -0.144. The summed E-state index contributed by atoms with van der Waals surface area (Å²) in [5.74, 6) is 0.0339. The van der Waals surface area contributed by atoms with Gasteiger partial charge in [-0.2, -0.15) is 0 Å². The second kappa shape index (κ2) is 6.21. The Kier molecular flexibility index (Phi) is 5.22. The fourth-order valence-electron chi connectivity index (χ4n) is 1.65. The van der Waals surface area contributed by atoms with Crippen molar-refractivity contribution in [2.75, 3.05) is 19.7 Å². The van der Waals surface area contributed by atoms with Crippen LogP contribution in [0.4, 0.5) is 0 Å². The van der Waals surface area contributed by atoms with Crippen molar-refractivity contribution in [2.45, 2.75) is 45.6 Å². The standard InChI is InChI=1S/C12H24N2O2/c1-3-12(4-2,9-15)8-14-11(16)7-13-10-5-6-10/h10,13,15H,3-9H2,1-2H3,(H,14,16). The first-order valence-electron chi connectivity index (χ1n) is 6.26. The van der Waals surface area contributed by atoms with Crippen molar-refractivity contribution in [3.8, 4) is 0 Å². The molecule has 0 bridgehead atoms. The summed E-state index contributed by atoms with van der Waals surface area (Å²) in [4.78, 5) is 11.5. The first kappa shape index (κ1) is 13.5. The van der Waals surface area contributed by atoms with Crippen LogP contribution in [0.5, 0.6) is 0 Å². The van der Waals surface area contributed by atoms with Crippen LogP contribution in [0.3, 0.4) is 0 Å². The zero-order valence-electron chi connectivity index (χ0n) is 10.4. The molecule has 0 unspecified atom stereocenters. The van der Waals surface area contributed by atoms with Gasteiger partial charge in [0.05, 0.1) is 13.2 Å². The van der Waals surface area contributed by atoms with Crippen LogP contribution in [0, 0.1) is 5.41 Å². The molecule has 0 spiro atoms. The van der Waals surface area contributed by atoms with E-state index in [1.165, 1.54) is 12.8 Å². The third-order valence-corrected chi connectivity index (χ3v) is 3.62. The van der Waals surface area contributed by atoms with Gasteiger partial charge in [-0.1, -0.05) is 13.8 Å². The number of amides is 1. The molecule has 1 rings (SSSR count). The molecule has 0 saturated heterocycles. The quantitative estimate of drug-likeness (QED) is 0.572. The van der Waals surface area contributed by atoms with Gasteiger partial charge in [0, 0.05) is 18.0 Å². The normalized spacial score (nSPS) is 16.2. The van der Waals surface area contributed by atoms with E-state index >= 15 is 0 Å². The third kappa shape index (κ3) is 4.10. The summed E-state index contributed by atoms with van der Waals surface area (Å²) >= 11 is 0. The van der Waals surface area contributed by atoms with Crippen molar-refractivity contribution in [3.63, 3.8) is 0 Å². The van der Waals surface area contributed by atoms with E-state index in [1.54, 1.807) is 0 Å². The molecule has 0 heterocycles. The Morgan fingerprint density at radius 2 is 2.00 bits per heavy atom. The molecule has 0 aromatic heterocycles. The zero-order valence-corrected chi connectivity index (χ0v) is 10.4. The second-order valence-electron chi connectivity index (χ2n) is 4.80. The van der Waals surface area contributed by atoms with Gasteiger partial charge in [-0.25, -0.2) is 0 Å². The van der Waals surface area contributed by atoms with Crippen LogP contribution in [0.1, 0.15) is 39.5 Å². The lowest BCUT2D eigenvalue weighted by Gasteiger charge is -2.29. The number of nitrogens with one attached hydrogen (secondary N) is 2. The maximum Gasteiger partial charge on any atom is 0.233 e. The lowest BCUT2D eigenvalue weighted by molar-refractivity contribution is -0.121. The maximum absolute atomic E-state index is 11.5. The molecule has 1 aliphatic carbocycles. The highest BCUT2D eigenvalue weighted by molar-refractivity contribution is 5.78. The van der Waals surface area contributed by atoms with Gasteiger partial charge in [0.15, 0.2) is 0 Å². The minimum absolute atomic E-state index is 0.0339. The smallest absolute Gasteiger partial charge is 0.233 e. The predicted molar refractivity (Wildman–Crippen MR) is 64.1 cm³/mol. The van der Waals surface area contributed by atoms with Gasteiger partial charge in [0.1, 0.15) is 0 Å². The van der Waals surface area contributed by atoms with Crippen LogP contribution in [-0.4, -0.2) is 36.8 Å². The summed E-state index contributed by atoms with van der Waals surface area (Å²) in [7, 11) is 0. The molecule has 0 aromatic carbocycles. The van der Waals surface area contributed by atoms with Crippen LogP contribution in [0.15, 0.2) is 0 Å². The average molecular weight is 228 g/mol. The number of aliphatic hydroxyl groups is 1. The van der Waals surface area contributed by atoms with Gasteiger partial charge in [-0.3, -0.25) is 4.79 Å². The number of hydrogen-bond donors (Lipinski definition) is 3. The Labute approximate surface area is 97.8 Å². The Morgan fingerprint density at radius 3 is 2.44 bits per heavy atom. The van der Waals surface area contributed by atoms with Crippen molar-refractivity contribution < 1.29 is 9.90 Å². The van der Waals surface area contributed by atoms with E-state index in [0.717, 1.165) is 12.8 Å². The van der Waals surface area contributed by atoms with Gasteiger partial charge in [-0.15, -0.1) is 0 Å². The Hall–Kier alpha value is -0.610. The highest BCUT2D eigenvalue weighted by Crippen LogP contribution is 2.24. The van der Waals surface area contributed by atoms with Gasteiger partial charge >= 0.3 is 0 Å². The molecule has 94 valence electrons. The van der Waals surface area contributed by atoms with Gasteiger partial charge in [0.2, 0.25) is 5.91 Å². The number of carbonyl (C=O) groups excluding carboxylic acids is 1. The first-order chi connectivity index (χ1) is 7.65. The van der Waals surface area contributed by atoms with Crippen LogP contribution in [-0.2, 0) is 4.79 Å². The topological polar surface area (TPSA) is 61.4 Å². The maximum atomic E-state index is 11.5. The minimum atomic E-state index is -0.144. The molecule has 0 atom stereocenters. The number of carbonyl (C=O) groups is 1. The van der Waals surface area contributed by atoms with Crippen molar-refractivity contribution >= 4 is 5.91 Å². The SMILES string of the molecule is CCC(CC)(CO)CNC(=O)CNC1CC1. The molecule has 1 amide bonds. The van der Waals surface area contributed by atoms with E-state index < -0.39 is 0 Å². The van der Waals surface area contributed by atoms with Crippen LogP contribution in [0.2, 0.25) is 0 Å². The van der Waals surface area contributed by atoms with Crippen molar-refractivity contribution in [1.82, 2.24) is 10.6 Å². The van der Waals surface area contributed by atoms with E-state index in [-0.39, 0.29) is 17.9 Å². The average Bonchev–Trinajstić information content (AvgIpc) is 3.13. The summed E-state index contributed by atoms with van der Waals surface area (Å²) in [6.07, 6.45) is 4.15. The van der Waals surface area contributed by atoms with Gasteiger partial charge in [-0.05, 0) is 25.7 Å². The largest absolute Gasteiger partial charge is 0.396 e. The Morgan fingerprint density at radius 1 is 1.38 bits per heavy atom. The highest BCUT2D eigenvalue weighted by Gasteiger charge is 2.26. The Bertz CT molecular complexity index is 215. The van der Waals surface area contributed by atoms with Crippen LogP contribution < -0.4 is 10.6 Å². The summed E-state index contributed by atoms with van der Waals surface area (Å²) in [5, 5.41) is 15.4. The second-order valence-corrected chi connectivity index (χ2v) is 4.80. The molecular formula is C12H24N2O2. The number of rotatable bonds is 8. The fraction of sp³-hybridized carbons (Fsp3) is 0.917. The van der Waals surface area contributed by atoms with Crippen molar-refractivity contribution in [1.29, 1.82) is 0 Å². The lowest BCUT2D eigenvalue weighted by atomic mass is 9.83. The van der Waals surface area contributed by atoms with E-state index in [2.05, 4.69) is 10.6 Å². The van der Waals surface area contributed by atoms with Gasteiger partial charge in [0.25, 0.3) is 0 Å². The highest BCUT2D eigenvalue weighted by atomic mass is 16.3. The molecule has 0 aliphatic heterocycles. The first-order valence-corrected chi connectivity index (χ1v) is 6.26. The third-order valence-electron chi connectivity index (χ3n) is 3.62. The number of hydrogen-bond acceptors (Lipinski definition) is 3. The molecular weight excluding hydrogens is 204 g/mol. The predicted octanol–water partition coefficient (Wildman–Crippen LogP) is 0.653. The molecule has 1 fully saturated rings. The van der Waals surface area contributed by atoms with E-state index in [4.69, 9.17) is 0 Å². The van der Waals surface area contributed by atoms with Crippen molar-refractivity contribution in [2.24, 2.45) is 5.41 Å². The van der Waals surface area contributed by atoms with Gasteiger partial charge < -0.3 is 15.7 Å². The summed E-state index contributed by atoms with van der Waals surface area (Å²) < 4.78 is 0. The van der Waals surface area contributed by atoms with Crippen molar-refractivity contribution in [3.05, 3.63) is 0 Å². The minimum Gasteiger partial charge on any atom is -0.396 e. The molecule has 1 saturated carbocycles. The zero-order chi connectivity index (χ0) is 12.0. The molecule has 4 nitrogen and oxygen atoms in total. The molecule has 4 heteroatoms. The monoisotopic (exact) mass is 228 g/mol. The summed E-state index contributed by atoms with van der Waals surface area (Å²) in [6, 6.07) is 0.561. The summed E-state index contributed by atoms with van der Waals surface area (Å²) in [6.45, 7) is 5.21. The molecule has 3 N–H and O–H groups in total. The van der Waals surface area contributed by atoms with E-state index in [9.17, 15) is 9.90 Å². The molecule has 16 heavy (non-hydrogen) atoms. The lowest BCUT2D eigenvalue weighted by Crippen LogP contribution is -2.42. The van der Waals surface area contributed by atoms with E-state index in [1.807, 2.05) is 13.8 Å². The molecule has 0 aromatic rings. The fourth-order valence-corrected chi connectivity index (χ4v) is 1.65. The van der Waals surface area contributed by atoms with Crippen LogP contribution in [0.25, 0.3) is 0 Å². The van der Waals surface area contributed by atoms with Crippen LogP contribution >= 0.6 is 0 Å². The molecule has 1 aliphatic rings. The number of aliphatic hydroxyl groups excluding tert-OH is 1. The Balaban J connectivity index is 2.21. The molecule has 0 radical (unpaired) electrons.